The maximum absolute atomic E-state index is 10.4. The predicted molar refractivity (Wildman–Crippen MR) is 165 cm³/mol. The molecule has 0 fully saturated rings. The highest BCUT2D eigenvalue weighted by molar-refractivity contribution is 5.66. The summed E-state index contributed by atoms with van der Waals surface area (Å²) in [5.41, 5.74) is 0. The highest BCUT2D eigenvalue weighted by atomic mass is 16.4. The molecule has 0 unspecified atom stereocenters. The third-order valence-corrected chi connectivity index (χ3v) is 7.49. The van der Waals surface area contributed by atoms with Crippen LogP contribution in [0.1, 0.15) is 206 Å². The normalized spacial score (nSPS) is 10.8. The third kappa shape index (κ3) is 42.0. The van der Waals surface area contributed by atoms with E-state index in [2.05, 4.69) is 13.8 Å². The van der Waals surface area contributed by atoms with Crippen molar-refractivity contribution in [1.29, 1.82) is 0 Å². The minimum absolute atomic E-state index is 0.326. The first-order chi connectivity index (χ1) is 18.5. The molecule has 0 aliphatic rings. The molecule has 0 saturated heterocycles. The van der Waals surface area contributed by atoms with E-state index in [1.165, 1.54) is 154 Å². The molecule has 0 bridgehead atoms. The molecule has 228 valence electrons. The van der Waals surface area contributed by atoms with Gasteiger partial charge in [-0.25, -0.2) is 0 Å². The summed E-state index contributed by atoms with van der Waals surface area (Å²) in [6, 6.07) is 0. The van der Waals surface area contributed by atoms with E-state index in [1.54, 1.807) is 0 Å². The van der Waals surface area contributed by atoms with Crippen molar-refractivity contribution in [2.75, 3.05) is 0 Å². The average molecular weight is 541 g/mol. The lowest BCUT2D eigenvalue weighted by Crippen LogP contribution is -1.93. The number of carboxylic acids is 2. The fourth-order valence-electron chi connectivity index (χ4n) is 4.94. The zero-order valence-corrected chi connectivity index (χ0v) is 25.9. The van der Waals surface area contributed by atoms with E-state index in [0.717, 1.165) is 25.7 Å². The van der Waals surface area contributed by atoms with Crippen LogP contribution in [0.5, 0.6) is 0 Å². The van der Waals surface area contributed by atoms with Crippen LogP contribution in [0.2, 0.25) is 0 Å². The fourth-order valence-corrected chi connectivity index (χ4v) is 4.94. The van der Waals surface area contributed by atoms with Crippen LogP contribution in [-0.2, 0) is 9.59 Å². The summed E-state index contributed by atoms with van der Waals surface area (Å²) < 4.78 is 0. The summed E-state index contributed by atoms with van der Waals surface area (Å²) in [7, 11) is 0. The minimum Gasteiger partial charge on any atom is -0.481 e. The van der Waals surface area contributed by atoms with Gasteiger partial charge < -0.3 is 10.2 Å². The Morgan fingerprint density at radius 1 is 0.316 bits per heavy atom. The molecule has 0 aromatic carbocycles. The Kier molecular flexibility index (Phi) is 37.0. The van der Waals surface area contributed by atoms with E-state index in [1.807, 2.05) is 0 Å². The quantitative estimate of drug-likeness (QED) is 0.0888. The fraction of sp³-hybridized carbons (Fsp3) is 0.941. The van der Waals surface area contributed by atoms with Gasteiger partial charge in [-0.15, -0.1) is 0 Å². The van der Waals surface area contributed by atoms with Crippen LogP contribution in [0, 0.1) is 0 Å². The zero-order chi connectivity index (χ0) is 28.4. The molecule has 0 radical (unpaired) electrons. The second-order valence-electron chi connectivity index (χ2n) is 11.5. The SMILES string of the molecule is CCCCCCCCCCCC.O=C(O)CCCCCCCCCCCCCCCCCCCCC(=O)O. The zero-order valence-electron chi connectivity index (χ0n) is 25.9. The monoisotopic (exact) mass is 541 g/mol. The summed E-state index contributed by atoms with van der Waals surface area (Å²) >= 11 is 0. The molecule has 0 rings (SSSR count). The molecule has 0 atom stereocenters. The topological polar surface area (TPSA) is 74.6 Å². The van der Waals surface area contributed by atoms with E-state index in [0.29, 0.717) is 12.8 Å². The summed E-state index contributed by atoms with van der Waals surface area (Å²) in [6.07, 6.45) is 37.2. The smallest absolute Gasteiger partial charge is 0.303 e. The Hall–Kier alpha value is -1.06. The van der Waals surface area contributed by atoms with Gasteiger partial charge in [0.2, 0.25) is 0 Å². The van der Waals surface area contributed by atoms with E-state index in [4.69, 9.17) is 10.2 Å². The van der Waals surface area contributed by atoms with Crippen molar-refractivity contribution >= 4 is 11.9 Å². The first kappa shape index (κ1) is 39.1. The lowest BCUT2D eigenvalue weighted by Gasteiger charge is -2.03. The van der Waals surface area contributed by atoms with Gasteiger partial charge in [0.05, 0.1) is 0 Å². The highest BCUT2D eigenvalue weighted by Crippen LogP contribution is 2.15. The molecule has 38 heavy (non-hydrogen) atoms. The van der Waals surface area contributed by atoms with Gasteiger partial charge in [-0.1, -0.05) is 181 Å². The van der Waals surface area contributed by atoms with Crippen molar-refractivity contribution < 1.29 is 19.8 Å². The summed E-state index contributed by atoms with van der Waals surface area (Å²) in [5.74, 6) is -1.34. The first-order valence-corrected chi connectivity index (χ1v) is 17.0. The molecule has 2 N–H and O–H groups in total. The molecular formula is C34H68O4. The van der Waals surface area contributed by atoms with Gasteiger partial charge in [0.1, 0.15) is 0 Å². The number of unbranched alkanes of at least 4 members (excludes halogenated alkanes) is 26. The highest BCUT2D eigenvalue weighted by Gasteiger charge is 1.98. The molecule has 0 saturated carbocycles. The molecule has 0 spiro atoms. The van der Waals surface area contributed by atoms with Crippen molar-refractivity contribution in [3.8, 4) is 0 Å². The number of carbonyl (C=O) groups is 2. The van der Waals surface area contributed by atoms with Crippen LogP contribution in [0.15, 0.2) is 0 Å². The second kappa shape index (κ2) is 35.9. The van der Waals surface area contributed by atoms with Gasteiger partial charge in [-0.05, 0) is 12.8 Å². The average Bonchev–Trinajstić information content (AvgIpc) is 2.89. The first-order valence-electron chi connectivity index (χ1n) is 17.0. The van der Waals surface area contributed by atoms with E-state index in [9.17, 15) is 9.59 Å². The van der Waals surface area contributed by atoms with E-state index >= 15 is 0 Å². The van der Waals surface area contributed by atoms with Crippen LogP contribution in [0.3, 0.4) is 0 Å². The predicted octanol–water partition coefficient (Wildman–Crippen LogP) is 11.9. The van der Waals surface area contributed by atoms with Crippen LogP contribution in [-0.4, -0.2) is 22.2 Å². The van der Waals surface area contributed by atoms with Gasteiger partial charge in [0.15, 0.2) is 0 Å². The number of aliphatic carboxylic acids is 2. The second-order valence-corrected chi connectivity index (χ2v) is 11.5. The maximum Gasteiger partial charge on any atom is 0.303 e. The van der Waals surface area contributed by atoms with Gasteiger partial charge >= 0.3 is 11.9 Å². The van der Waals surface area contributed by atoms with Gasteiger partial charge in [-0.2, -0.15) is 0 Å². The van der Waals surface area contributed by atoms with Crippen LogP contribution in [0.25, 0.3) is 0 Å². The van der Waals surface area contributed by atoms with Gasteiger partial charge in [0.25, 0.3) is 0 Å². The van der Waals surface area contributed by atoms with Crippen molar-refractivity contribution in [3.05, 3.63) is 0 Å². The Morgan fingerprint density at radius 3 is 0.632 bits per heavy atom. The van der Waals surface area contributed by atoms with Crippen LogP contribution in [0.4, 0.5) is 0 Å². The molecule has 0 aromatic rings. The number of hydrogen-bond donors (Lipinski definition) is 2. The molecule has 0 aliphatic carbocycles. The number of carboxylic acid groups (broad SMARTS) is 2. The van der Waals surface area contributed by atoms with Crippen molar-refractivity contribution in [1.82, 2.24) is 0 Å². The van der Waals surface area contributed by atoms with Crippen molar-refractivity contribution in [2.45, 2.75) is 206 Å². The maximum atomic E-state index is 10.4. The van der Waals surface area contributed by atoms with E-state index in [-0.39, 0.29) is 0 Å². The summed E-state index contributed by atoms with van der Waals surface area (Å²) in [6.45, 7) is 4.56. The van der Waals surface area contributed by atoms with Crippen molar-refractivity contribution in [2.24, 2.45) is 0 Å². The minimum atomic E-state index is -0.669. The molecule has 4 nitrogen and oxygen atoms in total. The van der Waals surface area contributed by atoms with Crippen molar-refractivity contribution in [3.63, 3.8) is 0 Å². The lowest BCUT2D eigenvalue weighted by atomic mass is 10.0. The third-order valence-electron chi connectivity index (χ3n) is 7.49. The molecule has 0 aliphatic heterocycles. The van der Waals surface area contributed by atoms with Gasteiger partial charge in [0, 0.05) is 12.8 Å². The summed E-state index contributed by atoms with van der Waals surface area (Å²) in [4.78, 5) is 20.8. The van der Waals surface area contributed by atoms with E-state index < -0.39 is 11.9 Å². The molecule has 0 aromatic heterocycles. The van der Waals surface area contributed by atoms with Crippen LogP contribution < -0.4 is 0 Å². The Labute approximate surface area is 238 Å². The number of hydrogen-bond acceptors (Lipinski definition) is 2. The van der Waals surface area contributed by atoms with Gasteiger partial charge in [-0.3, -0.25) is 9.59 Å². The Balaban J connectivity index is 0. The molecular weight excluding hydrogens is 472 g/mol. The largest absolute Gasteiger partial charge is 0.481 e. The summed E-state index contributed by atoms with van der Waals surface area (Å²) in [5, 5.41) is 17.1. The standard InChI is InChI=1S/C22H42O4.C12H26/c23-21(24)19-17-15-13-11-9-7-5-3-1-2-4-6-8-10-12-14-16-18-20-22(25)26;1-3-5-7-9-11-12-10-8-6-4-2/h1-20H2,(H,23,24)(H,25,26);3-12H2,1-2H3. The Morgan fingerprint density at radius 2 is 0.474 bits per heavy atom. The molecule has 0 amide bonds. The lowest BCUT2D eigenvalue weighted by molar-refractivity contribution is -0.138. The Bertz CT molecular complexity index is 421. The van der Waals surface area contributed by atoms with Crippen LogP contribution >= 0.6 is 0 Å². The molecule has 0 heterocycles. The number of rotatable bonds is 30. The molecule has 4 heteroatoms.